The van der Waals surface area contributed by atoms with Crippen LogP contribution in [-0.2, 0) is 11.2 Å². The van der Waals surface area contributed by atoms with Crippen LogP contribution < -0.4 is 10.5 Å². The topological polar surface area (TPSA) is 64.4 Å². The van der Waals surface area contributed by atoms with Crippen LogP contribution in [-0.4, -0.2) is 28.9 Å². The number of esters is 1. The number of aromatic nitrogens is 2. The molecular formula is C22H20FN3O3. The second-order valence-electron chi connectivity index (χ2n) is 6.71. The van der Waals surface area contributed by atoms with Gasteiger partial charge in [-0.25, -0.2) is 9.18 Å². The van der Waals surface area contributed by atoms with Gasteiger partial charge in [-0.15, -0.1) is 0 Å². The van der Waals surface area contributed by atoms with Crippen molar-refractivity contribution < 1.29 is 13.9 Å². The normalized spacial score (nSPS) is 13.1. The van der Waals surface area contributed by atoms with Crippen molar-refractivity contribution in [3.8, 4) is 5.69 Å². The summed E-state index contributed by atoms with van der Waals surface area (Å²) in [7, 11) is 0. The van der Waals surface area contributed by atoms with Crippen LogP contribution in [0.5, 0.6) is 0 Å². The number of carbonyl (C=O) groups is 1. The van der Waals surface area contributed by atoms with E-state index in [-0.39, 0.29) is 12.3 Å². The molecular weight excluding hydrogens is 373 g/mol. The molecule has 0 fully saturated rings. The Morgan fingerprint density at radius 3 is 2.66 bits per heavy atom. The van der Waals surface area contributed by atoms with Gasteiger partial charge in [0.2, 0.25) is 0 Å². The van der Waals surface area contributed by atoms with Gasteiger partial charge in [-0.2, -0.15) is 9.78 Å². The molecule has 1 aliphatic heterocycles. The number of ether oxygens (including phenoxy) is 1. The second kappa shape index (κ2) is 7.87. The third kappa shape index (κ3) is 3.63. The van der Waals surface area contributed by atoms with E-state index in [1.54, 1.807) is 6.92 Å². The summed E-state index contributed by atoms with van der Waals surface area (Å²) in [5.74, 6) is -1.03. The average Bonchev–Trinajstić information content (AvgIpc) is 2.74. The van der Waals surface area contributed by atoms with Crippen LogP contribution >= 0.6 is 0 Å². The first-order chi connectivity index (χ1) is 14.1. The van der Waals surface area contributed by atoms with Gasteiger partial charge in [0.25, 0.3) is 5.56 Å². The monoisotopic (exact) mass is 393 g/mol. The Balaban J connectivity index is 1.88. The number of rotatable bonds is 4. The fourth-order valence-corrected chi connectivity index (χ4v) is 3.55. The summed E-state index contributed by atoms with van der Waals surface area (Å²) in [4.78, 5) is 27.5. The number of nitrogens with zero attached hydrogens (tertiary/aromatic N) is 3. The summed E-state index contributed by atoms with van der Waals surface area (Å²) in [6.45, 7) is 2.56. The molecule has 0 saturated carbocycles. The molecule has 7 heteroatoms. The first kappa shape index (κ1) is 18.9. The van der Waals surface area contributed by atoms with Crippen LogP contribution in [0.25, 0.3) is 5.69 Å². The van der Waals surface area contributed by atoms with Crippen molar-refractivity contribution >= 4 is 17.3 Å². The van der Waals surface area contributed by atoms with Crippen molar-refractivity contribution in [1.29, 1.82) is 0 Å². The fraction of sp³-hybridized carbons (Fsp3) is 0.227. The predicted octanol–water partition coefficient (Wildman–Crippen LogP) is 3.63. The first-order valence-corrected chi connectivity index (χ1v) is 9.51. The number of para-hydroxylation sites is 1. The van der Waals surface area contributed by atoms with E-state index < -0.39 is 17.3 Å². The highest BCUT2D eigenvalue weighted by Gasteiger charge is 2.26. The van der Waals surface area contributed by atoms with E-state index in [2.05, 4.69) is 5.10 Å². The van der Waals surface area contributed by atoms with Crippen LogP contribution in [0.3, 0.4) is 0 Å². The molecule has 3 aromatic rings. The van der Waals surface area contributed by atoms with E-state index in [1.807, 2.05) is 29.2 Å². The Morgan fingerprint density at radius 2 is 1.90 bits per heavy atom. The lowest BCUT2D eigenvalue weighted by Crippen LogP contribution is -2.31. The Labute approximate surface area is 167 Å². The minimum atomic E-state index is -0.610. The lowest BCUT2D eigenvalue weighted by Gasteiger charge is -2.32. The number of hydrogen-bond acceptors (Lipinski definition) is 5. The quantitative estimate of drug-likeness (QED) is 0.634. The second-order valence-corrected chi connectivity index (χ2v) is 6.71. The third-order valence-electron chi connectivity index (χ3n) is 4.85. The van der Waals surface area contributed by atoms with Gasteiger partial charge in [0.15, 0.2) is 5.69 Å². The largest absolute Gasteiger partial charge is 0.461 e. The Morgan fingerprint density at radius 1 is 1.14 bits per heavy atom. The molecule has 29 heavy (non-hydrogen) atoms. The minimum Gasteiger partial charge on any atom is -0.461 e. The van der Waals surface area contributed by atoms with Crippen LogP contribution in [0.4, 0.5) is 15.8 Å². The number of hydrogen-bond donors (Lipinski definition) is 0. The molecule has 0 N–H and O–H groups in total. The van der Waals surface area contributed by atoms with Gasteiger partial charge in [-0.3, -0.25) is 4.79 Å². The summed E-state index contributed by atoms with van der Waals surface area (Å²) in [5.41, 5.74) is 2.52. The van der Waals surface area contributed by atoms with Gasteiger partial charge in [0, 0.05) is 18.3 Å². The zero-order chi connectivity index (χ0) is 20.4. The summed E-state index contributed by atoms with van der Waals surface area (Å²) in [6, 6.07) is 14.7. The van der Waals surface area contributed by atoms with Crippen molar-refractivity contribution in [2.75, 3.05) is 18.1 Å². The van der Waals surface area contributed by atoms with Crippen LogP contribution in [0, 0.1) is 5.82 Å². The van der Waals surface area contributed by atoms with Crippen molar-refractivity contribution in [3.63, 3.8) is 0 Å². The van der Waals surface area contributed by atoms with Gasteiger partial charge < -0.3 is 9.64 Å². The highest BCUT2D eigenvalue weighted by Crippen LogP contribution is 2.34. The van der Waals surface area contributed by atoms with Crippen LogP contribution in [0.2, 0.25) is 0 Å². The van der Waals surface area contributed by atoms with E-state index in [4.69, 9.17) is 4.74 Å². The molecule has 0 bridgehead atoms. The maximum atomic E-state index is 13.3. The zero-order valence-corrected chi connectivity index (χ0v) is 16.0. The molecule has 2 aromatic carbocycles. The summed E-state index contributed by atoms with van der Waals surface area (Å²) in [5, 5.41) is 4.30. The first-order valence-electron chi connectivity index (χ1n) is 9.51. The molecule has 0 atom stereocenters. The molecule has 1 aliphatic rings. The van der Waals surface area contributed by atoms with Crippen molar-refractivity contribution in [2.24, 2.45) is 0 Å². The maximum absolute atomic E-state index is 13.3. The molecule has 4 rings (SSSR count). The number of benzene rings is 2. The molecule has 1 aromatic heterocycles. The Kier molecular flexibility index (Phi) is 5.12. The number of fused-ring (bicyclic) bond motifs is 1. The number of carbonyl (C=O) groups excluding carboxylic acids is 1. The molecule has 0 amide bonds. The summed E-state index contributed by atoms with van der Waals surface area (Å²) >= 11 is 0. The minimum absolute atomic E-state index is 0.0486. The van der Waals surface area contributed by atoms with Crippen molar-refractivity contribution in [3.05, 3.63) is 82.0 Å². The van der Waals surface area contributed by atoms with E-state index in [0.717, 1.165) is 28.8 Å². The highest BCUT2D eigenvalue weighted by atomic mass is 19.1. The average molecular weight is 393 g/mol. The molecule has 0 radical (unpaired) electrons. The molecule has 2 heterocycles. The smallest absolute Gasteiger partial charge is 0.360 e. The lowest BCUT2D eigenvalue weighted by molar-refractivity contribution is 0.0518. The molecule has 6 nitrogen and oxygen atoms in total. The Bertz CT molecular complexity index is 1110. The number of halogens is 1. The molecule has 0 unspecified atom stereocenters. The molecule has 0 aliphatic carbocycles. The third-order valence-corrected chi connectivity index (χ3v) is 4.85. The summed E-state index contributed by atoms with van der Waals surface area (Å²) in [6.07, 6.45) is 1.82. The van der Waals surface area contributed by atoms with Crippen LogP contribution in [0.1, 0.15) is 29.4 Å². The predicted molar refractivity (Wildman–Crippen MR) is 108 cm³/mol. The SMILES string of the molecule is CCOC(=O)c1nn(-c2ccc(F)cc2)c(=O)cc1N1CCCc2ccccc21. The highest BCUT2D eigenvalue weighted by molar-refractivity contribution is 5.95. The van der Waals surface area contributed by atoms with Crippen molar-refractivity contribution in [2.45, 2.75) is 19.8 Å². The van der Waals surface area contributed by atoms with Crippen molar-refractivity contribution in [1.82, 2.24) is 9.78 Å². The molecule has 0 saturated heterocycles. The number of anilines is 2. The van der Waals surface area contributed by atoms with Gasteiger partial charge in [-0.05, 0) is 55.7 Å². The van der Waals surface area contributed by atoms with Gasteiger partial charge in [0.05, 0.1) is 18.0 Å². The zero-order valence-electron chi connectivity index (χ0n) is 16.0. The summed E-state index contributed by atoms with van der Waals surface area (Å²) < 4.78 is 19.6. The Hall–Kier alpha value is -3.48. The van der Waals surface area contributed by atoms with E-state index >= 15 is 0 Å². The van der Waals surface area contributed by atoms with Gasteiger partial charge >= 0.3 is 5.97 Å². The standard InChI is InChI=1S/C22H20FN3O3/c1-2-29-22(28)21-19(25-13-5-7-15-6-3-4-8-18(15)25)14-20(27)26(24-21)17-11-9-16(23)10-12-17/h3-4,6,8-12,14H,2,5,7,13H2,1H3. The van der Waals surface area contributed by atoms with E-state index in [1.165, 1.54) is 30.3 Å². The van der Waals surface area contributed by atoms with Crippen LogP contribution in [0.15, 0.2) is 59.4 Å². The lowest BCUT2D eigenvalue weighted by atomic mass is 10.0. The maximum Gasteiger partial charge on any atom is 0.360 e. The molecule has 0 spiro atoms. The van der Waals surface area contributed by atoms with Gasteiger partial charge in [-0.1, -0.05) is 18.2 Å². The fourth-order valence-electron chi connectivity index (χ4n) is 3.55. The molecule has 148 valence electrons. The van der Waals surface area contributed by atoms with E-state index in [0.29, 0.717) is 17.9 Å². The number of aryl methyl sites for hydroxylation is 1. The van der Waals surface area contributed by atoms with Gasteiger partial charge in [0.1, 0.15) is 5.82 Å². The van der Waals surface area contributed by atoms with E-state index in [9.17, 15) is 14.0 Å².